The predicted octanol–water partition coefficient (Wildman–Crippen LogP) is 2.08. The maximum absolute atomic E-state index is 12.2. The SMILES string of the molecule is Cc1cc(C(F)(F)F)cnc1COC=O. The molecule has 0 aliphatic carbocycles. The van der Waals surface area contributed by atoms with Gasteiger partial charge in [-0.1, -0.05) is 0 Å². The molecule has 0 aliphatic heterocycles. The van der Waals surface area contributed by atoms with Crippen molar-refractivity contribution in [2.45, 2.75) is 19.7 Å². The molecule has 15 heavy (non-hydrogen) atoms. The summed E-state index contributed by atoms with van der Waals surface area (Å²) in [4.78, 5) is 13.5. The van der Waals surface area contributed by atoms with Crippen LogP contribution in [0.4, 0.5) is 13.2 Å². The fraction of sp³-hybridized carbons (Fsp3) is 0.333. The molecule has 0 spiro atoms. The van der Waals surface area contributed by atoms with E-state index < -0.39 is 11.7 Å². The van der Waals surface area contributed by atoms with E-state index >= 15 is 0 Å². The van der Waals surface area contributed by atoms with E-state index in [1.807, 2.05) is 0 Å². The first-order chi connectivity index (χ1) is 6.95. The van der Waals surface area contributed by atoms with Crippen LogP contribution in [0.3, 0.4) is 0 Å². The van der Waals surface area contributed by atoms with E-state index in [0.29, 0.717) is 11.3 Å². The minimum absolute atomic E-state index is 0.118. The van der Waals surface area contributed by atoms with Crippen molar-refractivity contribution in [3.8, 4) is 0 Å². The van der Waals surface area contributed by atoms with Gasteiger partial charge < -0.3 is 4.74 Å². The van der Waals surface area contributed by atoms with E-state index in [1.165, 1.54) is 6.92 Å². The van der Waals surface area contributed by atoms with Crippen molar-refractivity contribution in [1.82, 2.24) is 4.98 Å². The molecule has 1 heterocycles. The highest BCUT2D eigenvalue weighted by molar-refractivity contribution is 5.37. The fourth-order valence-electron chi connectivity index (χ4n) is 1.02. The Morgan fingerprint density at radius 3 is 2.67 bits per heavy atom. The third-order valence-corrected chi connectivity index (χ3v) is 1.80. The standard InChI is InChI=1S/C9H8F3NO2/c1-6-2-7(9(10,11)12)3-13-8(6)4-15-5-14/h2-3,5H,4H2,1H3. The van der Waals surface area contributed by atoms with Crippen molar-refractivity contribution in [3.05, 3.63) is 29.1 Å². The lowest BCUT2D eigenvalue weighted by Gasteiger charge is -2.09. The molecular formula is C9H8F3NO2. The molecule has 0 radical (unpaired) electrons. The van der Waals surface area contributed by atoms with Crippen LogP contribution in [0.15, 0.2) is 12.3 Å². The lowest BCUT2D eigenvalue weighted by molar-refractivity contribution is -0.138. The Kier molecular flexibility index (Phi) is 3.28. The summed E-state index contributed by atoms with van der Waals surface area (Å²) in [6.07, 6.45) is -3.68. The average Bonchev–Trinajstić information content (AvgIpc) is 2.14. The monoisotopic (exact) mass is 219 g/mol. The first kappa shape index (κ1) is 11.5. The molecule has 0 aliphatic rings. The summed E-state index contributed by atoms with van der Waals surface area (Å²) in [7, 11) is 0. The molecule has 0 saturated heterocycles. The topological polar surface area (TPSA) is 39.2 Å². The number of rotatable bonds is 3. The Labute approximate surface area is 83.9 Å². The molecule has 0 bridgehead atoms. The minimum atomic E-state index is -4.40. The van der Waals surface area contributed by atoms with Crippen molar-refractivity contribution in [1.29, 1.82) is 0 Å². The first-order valence-corrected chi connectivity index (χ1v) is 4.03. The number of carbonyl (C=O) groups excluding carboxylic acids is 1. The quantitative estimate of drug-likeness (QED) is 0.730. The molecule has 1 rings (SSSR count). The lowest BCUT2D eigenvalue weighted by atomic mass is 10.1. The highest BCUT2D eigenvalue weighted by Gasteiger charge is 2.31. The predicted molar refractivity (Wildman–Crippen MR) is 44.8 cm³/mol. The Bertz CT molecular complexity index is 363. The van der Waals surface area contributed by atoms with Crippen molar-refractivity contribution >= 4 is 6.47 Å². The summed E-state index contributed by atoms with van der Waals surface area (Å²) >= 11 is 0. The van der Waals surface area contributed by atoms with E-state index in [4.69, 9.17) is 0 Å². The normalized spacial score (nSPS) is 11.2. The van der Waals surface area contributed by atoms with Crippen molar-refractivity contribution in [3.63, 3.8) is 0 Å². The molecule has 0 saturated carbocycles. The molecule has 82 valence electrons. The Morgan fingerprint density at radius 1 is 1.53 bits per heavy atom. The molecule has 0 unspecified atom stereocenters. The lowest BCUT2D eigenvalue weighted by Crippen LogP contribution is -2.08. The van der Waals surface area contributed by atoms with Crippen LogP contribution in [0.25, 0.3) is 0 Å². The summed E-state index contributed by atoms with van der Waals surface area (Å²) in [5.74, 6) is 0. The molecular weight excluding hydrogens is 211 g/mol. The smallest absolute Gasteiger partial charge is 0.417 e. The Morgan fingerprint density at radius 2 is 2.20 bits per heavy atom. The Hall–Kier alpha value is -1.59. The van der Waals surface area contributed by atoms with Crippen LogP contribution in [0.1, 0.15) is 16.8 Å². The van der Waals surface area contributed by atoms with E-state index in [2.05, 4.69) is 9.72 Å². The summed E-state index contributed by atoms with van der Waals surface area (Å²) in [5.41, 5.74) is -0.156. The van der Waals surface area contributed by atoms with Crippen LogP contribution in [-0.4, -0.2) is 11.5 Å². The summed E-state index contributed by atoms with van der Waals surface area (Å²) in [6.45, 7) is 1.58. The number of aryl methyl sites for hydroxylation is 1. The number of nitrogens with zero attached hydrogens (tertiary/aromatic N) is 1. The number of carbonyl (C=O) groups is 1. The molecule has 0 aromatic carbocycles. The van der Waals surface area contributed by atoms with Crippen molar-refractivity contribution in [2.24, 2.45) is 0 Å². The van der Waals surface area contributed by atoms with Crippen LogP contribution < -0.4 is 0 Å². The van der Waals surface area contributed by atoms with Crippen LogP contribution >= 0.6 is 0 Å². The molecule has 0 N–H and O–H groups in total. The van der Waals surface area contributed by atoms with Crippen LogP contribution in [0, 0.1) is 6.92 Å². The number of hydrogen-bond donors (Lipinski definition) is 0. The van der Waals surface area contributed by atoms with Gasteiger partial charge in [0.05, 0.1) is 11.3 Å². The number of ether oxygens (including phenoxy) is 1. The molecule has 1 aromatic rings. The fourth-order valence-corrected chi connectivity index (χ4v) is 1.02. The molecule has 0 fully saturated rings. The van der Waals surface area contributed by atoms with Crippen LogP contribution in [0.2, 0.25) is 0 Å². The summed E-state index contributed by atoms with van der Waals surface area (Å²) < 4.78 is 41.1. The molecule has 3 nitrogen and oxygen atoms in total. The largest absolute Gasteiger partial charge is 0.461 e. The number of pyridine rings is 1. The van der Waals surface area contributed by atoms with E-state index in [-0.39, 0.29) is 13.1 Å². The van der Waals surface area contributed by atoms with Crippen LogP contribution in [0.5, 0.6) is 0 Å². The Balaban J connectivity index is 2.93. The second kappa shape index (κ2) is 4.29. The van der Waals surface area contributed by atoms with Gasteiger partial charge in [-0.3, -0.25) is 9.78 Å². The third-order valence-electron chi connectivity index (χ3n) is 1.80. The highest BCUT2D eigenvalue weighted by atomic mass is 19.4. The van der Waals surface area contributed by atoms with Gasteiger partial charge in [-0.05, 0) is 18.6 Å². The maximum atomic E-state index is 12.2. The number of hydrogen-bond acceptors (Lipinski definition) is 3. The van der Waals surface area contributed by atoms with Gasteiger partial charge in [-0.15, -0.1) is 0 Å². The van der Waals surface area contributed by atoms with Crippen LogP contribution in [-0.2, 0) is 22.3 Å². The van der Waals surface area contributed by atoms with Crippen molar-refractivity contribution < 1.29 is 22.7 Å². The summed E-state index contributed by atoms with van der Waals surface area (Å²) in [5, 5.41) is 0. The van der Waals surface area contributed by atoms with Gasteiger partial charge in [0.25, 0.3) is 6.47 Å². The maximum Gasteiger partial charge on any atom is 0.417 e. The molecule has 0 atom stereocenters. The first-order valence-electron chi connectivity index (χ1n) is 4.03. The van der Waals surface area contributed by atoms with Gasteiger partial charge in [-0.2, -0.15) is 13.2 Å². The molecule has 1 aromatic heterocycles. The second-order valence-electron chi connectivity index (χ2n) is 2.89. The van der Waals surface area contributed by atoms with Gasteiger partial charge >= 0.3 is 6.18 Å². The number of aromatic nitrogens is 1. The van der Waals surface area contributed by atoms with Gasteiger partial charge in [0.2, 0.25) is 0 Å². The van der Waals surface area contributed by atoms with E-state index in [0.717, 1.165) is 12.3 Å². The zero-order valence-electron chi connectivity index (χ0n) is 7.84. The third kappa shape index (κ3) is 2.93. The second-order valence-corrected chi connectivity index (χ2v) is 2.89. The van der Waals surface area contributed by atoms with Gasteiger partial charge in [-0.25, -0.2) is 0 Å². The van der Waals surface area contributed by atoms with Gasteiger partial charge in [0.15, 0.2) is 0 Å². The zero-order chi connectivity index (χ0) is 11.5. The van der Waals surface area contributed by atoms with E-state index in [9.17, 15) is 18.0 Å². The average molecular weight is 219 g/mol. The number of halogens is 3. The molecule has 0 amide bonds. The summed E-state index contributed by atoms with van der Waals surface area (Å²) in [6, 6.07) is 0.969. The molecule has 6 heteroatoms. The van der Waals surface area contributed by atoms with Gasteiger partial charge in [0, 0.05) is 6.20 Å². The van der Waals surface area contributed by atoms with Gasteiger partial charge in [0.1, 0.15) is 6.61 Å². The number of alkyl halides is 3. The highest BCUT2D eigenvalue weighted by Crippen LogP contribution is 2.29. The van der Waals surface area contributed by atoms with Crippen molar-refractivity contribution in [2.75, 3.05) is 0 Å². The van der Waals surface area contributed by atoms with E-state index in [1.54, 1.807) is 0 Å². The minimum Gasteiger partial charge on any atom is -0.461 e. The zero-order valence-corrected chi connectivity index (χ0v) is 7.84.